The molecular formula is C14H17N3S. The fourth-order valence-corrected chi connectivity index (χ4v) is 2.70. The molecule has 2 aromatic rings. The summed E-state index contributed by atoms with van der Waals surface area (Å²) in [7, 11) is 0. The molecule has 94 valence electrons. The van der Waals surface area contributed by atoms with E-state index in [1.807, 2.05) is 6.20 Å². The topological polar surface area (TPSA) is 40.7 Å². The molecule has 0 unspecified atom stereocenters. The zero-order valence-corrected chi connectivity index (χ0v) is 11.0. The SMILES string of the molecule is c1ccc(NCC2CC2)c(CSc2ncc[nH]2)c1. The van der Waals surface area contributed by atoms with Crippen LogP contribution < -0.4 is 5.32 Å². The predicted molar refractivity (Wildman–Crippen MR) is 75.8 cm³/mol. The molecule has 0 saturated heterocycles. The fourth-order valence-electron chi connectivity index (χ4n) is 1.87. The fraction of sp³-hybridized carbons (Fsp3) is 0.357. The van der Waals surface area contributed by atoms with E-state index >= 15 is 0 Å². The molecule has 1 saturated carbocycles. The summed E-state index contributed by atoms with van der Waals surface area (Å²) in [6.45, 7) is 1.11. The highest BCUT2D eigenvalue weighted by molar-refractivity contribution is 7.98. The van der Waals surface area contributed by atoms with Crippen molar-refractivity contribution in [2.24, 2.45) is 5.92 Å². The Morgan fingerprint density at radius 3 is 3.00 bits per heavy atom. The number of hydrogen-bond acceptors (Lipinski definition) is 3. The van der Waals surface area contributed by atoms with E-state index in [2.05, 4.69) is 39.6 Å². The van der Waals surface area contributed by atoms with E-state index < -0.39 is 0 Å². The standard InChI is InChI=1S/C14H17N3S/c1-2-4-13(17-9-11-5-6-11)12(3-1)10-18-14-15-7-8-16-14/h1-4,7-8,11,17H,5-6,9-10H2,(H,15,16). The lowest BCUT2D eigenvalue weighted by Gasteiger charge is -2.10. The number of para-hydroxylation sites is 1. The van der Waals surface area contributed by atoms with Crippen LogP contribution in [0.4, 0.5) is 5.69 Å². The first-order valence-electron chi connectivity index (χ1n) is 6.36. The Morgan fingerprint density at radius 1 is 1.33 bits per heavy atom. The van der Waals surface area contributed by atoms with Crippen LogP contribution in [-0.4, -0.2) is 16.5 Å². The summed E-state index contributed by atoms with van der Waals surface area (Å²) in [4.78, 5) is 7.35. The van der Waals surface area contributed by atoms with Gasteiger partial charge in [0, 0.05) is 30.4 Å². The van der Waals surface area contributed by atoms with Crippen LogP contribution in [0.25, 0.3) is 0 Å². The first-order chi connectivity index (χ1) is 8.92. The molecule has 0 spiro atoms. The highest BCUT2D eigenvalue weighted by Gasteiger charge is 2.20. The van der Waals surface area contributed by atoms with Gasteiger partial charge in [0.15, 0.2) is 5.16 Å². The van der Waals surface area contributed by atoms with Crippen molar-refractivity contribution in [3.05, 3.63) is 42.2 Å². The van der Waals surface area contributed by atoms with E-state index in [1.54, 1.807) is 18.0 Å². The van der Waals surface area contributed by atoms with Gasteiger partial charge in [-0.1, -0.05) is 30.0 Å². The van der Waals surface area contributed by atoms with Crippen molar-refractivity contribution < 1.29 is 0 Å². The molecule has 0 bridgehead atoms. The lowest BCUT2D eigenvalue weighted by molar-refractivity contribution is 0.888. The van der Waals surface area contributed by atoms with Gasteiger partial charge in [0.05, 0.1) is 0 Å². The minimum absolute atomic E-state index is 0.899. The number of imidazole rings is 1. The van der Waals surface area contributed by atoms with Crippen molar-refractivity contribution >= 4 is 17.4 Å². The number of nitrogens with zero attached hydrogens (tertiary/aromatic N) is 1. The van der Waals surface area contributed by atoms with Crippen LogP contribution in [0.1, 0.15) is 18.4 Å². The number of aromatic amines is 1. The lowest BCUT2D eigenvalue weighted by atomic mass is 10.2. The lowest BCUT2D eigenvalue weighted by Crippen LogP contribution is -2.05. The van der Waals surface area contributed by atoms with Crippen LogP contribution in [0.15, 0.2) is 41.8 Å². The van der Waals surface area contributed by atoms with E-state index in [0.29, 0.717) is 0 Å². The Balaban J connectivity index is 1.62. The smallest absolute Gasteiger partial charge is 0.165 e. The van der Waals surface area contributed by atoms with Crippen molar-refractivity contribution in [1.29, 1.82) is 0 Å². The molecule has 3 nitrogen and oxygen atoms in total. The normalized spacial score (nSPS) is 14.7. The first kappa shape index (κ1) is 11.7. The number of hydrogen-bond donors (Lipinski definition) is 2. The van der Waals surface area contributed by atoms with Gasteiger partial charge in [-0.25, -0.2) is 4.98 Å². The second-order valence-corrected chi connectivity index (χ2v) is 5.63. The van der Waals surface area contributed by atoms with Gasteiger partial charge in [-0.2, -0.15) is 0 Å². The summed E-state index contributed by atoms with van der Waals surface area (Å²) in [5, 5.41) is 4.54. The minimum atomic E-state index is 0.899. The molecule has 1 aliphatic rings. The molecule has 0 aliphatic heterocycles. The van der Waals surface area contributed by atoms with Crippen molar-refractivity contribution in [2.75, 3.05) is 11.9 Å². The third-order valence-electron chi connectivity index (χ3n) is 3.13. The molecule has 0 amide bonds. The highest BCUT2D eigenvalue weighted by Crippen LogP contribution is 2.30. The van der Waals surface area contributed by atoms with Crippen molar-refractivity contribution in [3.8, 4) is 0 Å². The van der Waals surface area contributed by atoms with Crippen LogP contribution in [0, 0.1) is 5.92 Å². The van der Waals surface area contributed by atoms with Crippen molar-refractivity contribution in [2.45, 2.75) is 23.8 Å². The number of H-pyrrole nitrogens is 1. The van der Waals surface area contributed by atoms with Gasteiger partial charge < -0.3 is 10.3 Å². The number of benzene rings is 1. The van der Waals surface area contributed by atoms with Crippen LogP contribution in [-0.2, 0) is 5.75 Å². The highest BCUT2D eigenvalue weighted by atomic mass is 32.2. The average Bonchev–Trinajstić information content (AvgIpc) is 3.09. The number of thioether (sulfide) groups is 1. The molecule has 0 atom stereocenters. The third-order valence-corrected chi connectivity index (χ3v) is 4.09. The molecule has 2 N–H and O–H groups in total. The summed E-state index contributed by atoms with van der Waals surface area (Å²) in [5.74, 6) is 1.84. The van der Waals surface area contributed by atoms with E-state index in [9.17, 15) is 0 Å². The first-order valence-corrected chi connectivity index (χ1v) is 7.34. The van der Waals surface area contributed by atoms with Crippen LogP contribution in [0.3, 0.4) is 0 Å². The molecule has 1 aliphatic carbocycles. The van der Waals surface area contributed by atoms with Gasteiger partial charge in [-0.15, -0.1) is 0 Å². The molecule has 3 rings (SSSR count). The number of aromatic nitrogens is 2. The number of anilines is 1. The van der Waals surface area contributed by atoms with E-state index in [4.69, 9.17) is 0 Å². The molecule has 1 aromatic carbocycles. The summed E-state index contributed by atoms with van der Waals surface area (Å²) in [6.07, 6.45) is 6.42. The van der Waals surface area contributed by atoms with Crippen LogP contribution in [0.5, 0.6) is 0 Å². The number of rotatable bonds is 6. The second-order valence-electron chi connectivity index (χ2n) is 4.66. The summed E-state index contributed by atoms with van der Waals surface area (Å²) < 4.78 is 0. The molecule has 1 heterocycles. The third kappa shape index (κ3) is 3.07. The zero-order chi connectivity index (χ0) is 12.2. The van der Waals surface area contributed by atoms with Gasteiger partial charge in [-0.3, -0.25) is 0 Å². The molecule has 4 heteroatoms. The zero-order valence-electron chi connectivity index (χ0n) is 10.2. The molecule has 1 fully saturated rings. The van der Waals surface area contributed by atoms with Crippen LogP contribution in [0.2, 0.25) is 0 Å². The van der Waals surface area contributed by atoms with E-state index in [1.165, 1.54) is 24.1 Å². The van der Waals surface area contributed by atoms with Gasteiger partial charge in [-0.05, 0) is 30.4 Å². The maximum Gasteiger partial charge on any atom is 0.165 e. The Kier molecular flexibility index (Phi) is 3.55. The minimum Gasteiger partial charge on any atom is -0.385 e. The molecule has 0 radical (unpaired) electrons. The van der Waals surface area contributed by atoms with Crippen molar-refractivity contribution in [3.63, 3.8) is 0 Å². The summed E-state index contributed by atoms with van der Waals surface area (Å²) in [5.41, 5.74) is 2.61. The Hall–Kier alpha value is -1.42. The van der Waals surface area contributed by atoms with Crippen molar-refractivity contribution in [1.82, 2.24) is 9.97 Å². The van der Waals surface area contributed by atoms with Gasteiger partial charge >= 0.3 is 0 Å². The monoisotopic (exact) mass is 259 g/mol. The maximum atomic E-state index is 4.23. The maximum absolute atomic E-state index is 4.23. The summed E-state index contributed by atoms with van der Waals surface area (Å²) >= 11 is 1.74. The summed E-state index contributed by atoms with van der Waals surface area (Å²) in [6, 6.07) is 8.54. The Bertz CT molecular complexity index is 492. The van der Waals surface area contributed by atoms with Crippen LogP contribution >= 0.6 is 11.8 Å². The van der Waals surface area contributed by atoms with Gasteiger partial charge in [0.1, 0.15) is 0 Å². The Morgan fingerprint density at radius 2 is 2.22 bits per heavy atom. The van der Waals surface area contributed by atoms with E-state index in [0.717, 1.165) is 23.4 Å². The number of nitrogens with one attached hydrogen (secondary N) is 2. The Labute approximate surface area is 111 Å². The second kappa shape index (κ2) is 5.48. The van der Waals surface area contributed by atoms with Gasteiger partial charge in [0.25, 0.3) is 0 Å². The average molecular weight is 259 g/mol. The largest absolute Gasteiger partial charge is 0.385 e. The molecular weight excluding hydrogens is 242 g/mol. The molecule has 18 heavy (non-hydrogen) atoms. The van der Waals surface area contributed by atoms with Gasteiger partial charge in [0.2, 0.25) is 0 Å². The quantitative estimate of drug-likeness (QED) is 0.780. The predicted octanol–water partition coefficient (Wildman–Crippen LogP) is 3.52. The molecule has 1 aromatic heterocycles. The van der Waals surface area contributed by atoms with E-state index in [-0.39, 0.29) is 0 Å².